The highest BCUT2D eigenvalue weighted by Crippen LogP contribution is 2.18. The van der Waals surface area contributed by atoms with Crippen molar-refractivity contribution in [2.24, 2.45) is 0 Å². The SMILES string of the molecule is CCCC(=O)c1ccc(SCC(=O)NCCOC)cc1. The fourth-order valence-electron chi connectivity index (χ4n) is 1.60. The van der Waals surface area contributed by atoms with Gasteiger partial charge < -0.3 is 10.1 Å². The first-order valence-corrected chi connectivity index (χ1v) is 7.67. The summed E-state index contributed by atoms with van der Waals surface area (Å²) in [6.45, 7) is 3.04. The third kappa shape index (κ3) is 6.21. The minimum Gasteiger partial charge on any atom is -0.383 e. The highest BCUT2D eigenvalue weighted by Gasteiger charge is 2.05. The second-order valence-electron chi connectivity index (χ2n) is 4.33. The average molecular weight is 295 g/mol. The Bertz CT molecular complexity index is 431. The van der Waals surface area contributed by atoms with E-state index in [1.807, 2.05) is 31.2 Å². The third-order valence-corrected chi connectivity index (χ3v) is 3.66. The molecule has 1 aromatic carbocycles. The molecule has 20 heavy (non-hydrogen) atoms. The van der Waals surface area contributed by atoms with E-state index in [0.29, 0.717) is 25.3 Å². The quantitative estimate of drug-likeness (QED) is 0.432. The summed E-state index contributed by atoms with van der Waals surface area (Å²) < 4.78 is 4.86. The van der Waals surface area contributed by atoms with Crippen molar-refractivity contribution in [2.75, 3.05) is 26.0 Å². The van der Waals surface area contributed by atoms with Gasteiger partial charge in [-0.05, 0) is 18.6 Å². The molecule has 0 aliphatic heterocycles. The summed E-state index contributed by atoms with van der Waals surface area (Å²) in [5.41, 5.74) is 0.737. The van der Waals surface area contributed by atoms with Crippen LogP contribution in [0.15, 0.2) is 29.2 Å². The van der Waals surface area contributed by atoms with E-state index in [0.717, 1.165) is 16.9 Å². The predicted molar refractivity (Wildman–Crippen MR) is 81.3 cm³/mol. The van der Waals surface area contributed by atoms with Crippen LogP contribution in [0.5, 0.6) is 0 Å². The van der Waals surface area contributed by atoms with Crippen LogP contribution in [-0.4, -0.2) is 37.7 Å². The third-order valence-electron chi connectivity index (χ3n) is 2.65. The van der Waals surface area contributed by atoms with Crippen molar-refractivity contribution in [3.63, 3.8) is 0 Å². The molecule has 0 fully saturated rings. The minimum absolute atomic E-state index is 0.0156. The smallest absolute Gasteiger partial charge is 0.230 e. The maximum atomic E-state index is 11.7. The van der Waals surface area contributed by atoms with Crippen molar-refractivity contribution >= 4 is 23.5 Å². The van der Waals surface area contributed by atoms with Crippen molar-refractivity contribution < 1.29 is 14.3 Å². The number of ketones is 1. The maximum Gasteiger partial charge on any atom is 0.230 e. The summed E-state index contributed by atoms with van der Waals surface area (Å²) >= 11 is 1.46. The zero-order valence-corrected chi connectivity index (χ0v) is 12.8. The number of thioether (sulfide) groups is 1. The Hall–Kier alpha value is -1.33. The standard InChI is InChI=1S/C15H21NO3S/c1-3-4-14(17)12-5-7-13(8-6-12)20-11-15(18)16-9-10-19-2/h5-8H,3-4,9-11H2,1-2H3,(H,16,18). The monoisotopic (exact) mass is 295 g/mol. The molecule has 0 radical (unpaired) electrons. The summed E-state index contributed by atoms with van der Waals surface area (Å²) in [4.78, 5) is 24.2. The fraction of sp³-hybridized carbons (Fsp3) is 0.467. The van der Waals surface area contributed by atoms with Gasteiger partial charge in [-0.3, -0.25) is 9.59 Å². The van der Waals surface area contributed by atoms with Crippen LogP contribution < -0.4 is 5.32 Å². The van der Waals surface area contributed by atoms with E-state index < -0.39 is 0 Å². The van der Waals surface area contributed by atoms with E-state index in [4.69, 9.17) is 4.74 Å². The lowest BCUT2D eigenvalue weighted by Crippen LogP contribution is -2.28. The second kappa shape index (κ2) is 9.55. The Balaban J connectivity index is 2.38. The van der Waals surface area contributed by atoms with E-state index in [9.17, 15) is 9.59 Å². The Labute approximate surface area is 124 Å². The van der Waals surface area contributed by atoms with Crippen LogP contribution in [0.2, 0.25) is 0 Å². The van der Waals surface area contributed by atoms with Gasteiger partial charge in [0.25, 0.3) is 0 Å². The molecule has 0 unspecified atom stereocenters. The molecule has 0 saturated carbocycles. The summed E-state index contributed by atoms with van der Waals surface area (Å²) in [5.74, 6) is 0.519. The topological polar surface area (TPSA) is 55.4 Å². The number of hydrogen-bond donors (Lipinski definition) is 1. The minimum atomic E-state index is -0.0156. The maximum absolute atomic E-state index is 11.7. The number of rotatable bonds is 9. The lowest BCUT2D eigenvalue weighted by Gasteiger charge is -2.05. The Kier molecular flexibility index (Phi) is 7.99. The van der Waals surface area contributed by atoms with Crippen molar-refractivity contribution in [3.05, 3.63) is 29.8 Å². The van der Waals surface area contributed by atoms with Gasteiger partial charge in [0, 0.05) is 30.5 Å². The molecule has 0 aliphatic rings. The van der Waals surface area contributed by atoms with Crippen molar-refractivity contribution in [1.82, 2.24) is 5.32 Å². The number of ether oxygens (including phenoxy) is 1. The Morgan fingerprint density at radius 2 is 1.95 bits per heavy atom. The number of carbonyl (C=O) groups is 2. The first-order chi connectivity index (χ1) is 9.67. The first-order valence-electron chi connectivity index (χ1n) is 6.69. The van der Waals surface area contributed by atoms with Gasteiger partial charge in [0.2, 0.25) is 5.91 Å². The van der Waals surface area contributed by atoms with Crippen LogP contribution in [0.3, 0.4) is 0 Å². The van der Waals surface area contributed by atoms with Gasteiger partial charge in [-0.15, -0.1) is 11.8 Å². The summed E-state index contributed by atoms with van der Waals surface area (Å²) in [5, 5.41) is 2.76. The number of carbonyl (C=O) groups excluding carboxylic acids is 2. The Morgan fingerprint density at radius 1 is 1.25 bits per heavy atom. The Morgan fingerprint density at radius 3 is 2.55 bits per heavy atom. The van der Waals surface area contributed by atoms with Crippen LogP contribution in [0, 0.1) is 0 Å². The van der Waals surface area contributed by atoms with Crippen LogP contribution in [0.4, 0.5) is 0 Å². The molecule has 1 N–H and O–H groups in total. The van der Waals surface area contributed by atoms with Crippen molar-refractivity contribution in [1.29, 1.82) is 0 Å². The average Bonchev–Trinajstić information content (AvgIpc) is 2.46. The van der Waals surface area contributed by atoms with Crippen LogP contribution in [0.1, 0.15) is 30.1 Å². The fourth-order valence-corrected chi connectivity index (χ4v) is 2.33. The molecule has 0 aromatic heterocycles. The molecule has 0 atom stereocenters. The van der Waals surface area contributed by atoms with Crippen molar-refractivity contribution in [3.8, 4) is 0 Å². The van der Waals surface area contributed by atoms with Crippen LogP contribution in [-0.2, 0) is 9.53 Å². The van der Waals surface area contributed by atoms with Crippen LogP contribution >= 0.6 is 11.8 Å². The molecule has 0 heterocycles. The summed E-state index contributed by atoms with van der Waals surface area (Å²) in [6, 6.07) is 7.41. The van der Waals surface area contributed by atoms with Gasteiger partial charge in [-0.1, -0.05) is 19.1 Å². The van der Waals surface area contributed by atoms with E-state index in [2.05, 4.69) is 5.32 Å². The molecule has 0 bridgehead atoms. The molecule has 5 heteroatoms. The normalized spacial score (nSPS) is 10.3. The van der Waals surface area contributed by atoms with E-state index in [1.165, 1.54) is 11.8 Å². The second-order valence-corrected chi connectivity index (χ2v) is 5.38. The molecule has 1 rings (SSSR count). The lowest BCUT2D eigenvalue weighted by atomic mass is 10.1. The zero-order valence-electron chi connectivity index (χ0n) is 12.0. The predicted octanol–water partition coefficient (Wildman–Crippen LogP) is 2.52. The van der Waals surface area contributed by atoms with Gasteiger partial charge in [0.15, 0.2) is 5.78 Å². The van der Waals surface area contributed by atoms with Gasteiger partial charge in [-0.25, -0.2) is 0 Å². The number of hydrogen-bond acceptors (Lipinski definition) is 4. The largest absolute Gasteiger partial charge is 0.383 e. The molecule has 110 valence electrons. The van der Waals surface area contributed by atoms with Crippen molar-refractivity contribution in [2.45, 2.75) is 24.7 Å². The highest BCUT2D eigenvalue weighted by atomic mass is 32.2. The van der Waals surface area contributed by atoms with Gasteiger partial charge in [0.1, 0.15) is 0 Å². The number of Topliss-reactive ketones (excluding diaryl/α,β-unsaturated/α-hetero) is 1. The van der Waals surface area contributed by atoms with E-state index in [-0.39, 0.29) is 11.7 Å². The molecule has 4 nitrogen and oxygen atoms in total. The first kappa shape index (κ1) is 16.7. The van der Waals surface area contributed by atoms with Crippen LogP contribution in [0.25, 0.3) is 0 Å². The molecule has 0 saturated heterocycles. The van der Waals surface area contributed by atoms with E-state index in [1.54, 1.807) is 7.11 Å². The van der Waals surface area contributed by atoms with Gasteiger partial charge in [0.05, 0.1) is 12.4 Å². The lowest BCUT2D eigenvalue weighted by molar-refractivity contribution is -0.118. The summed E-state index contributed by atoms with van der Waals surface area (Å²) in [7, 11) is 1.60. The van der Waals surface area contributed by atoms with Gasteiger partial charge >= 0.3 is 0 Å². The molecular formula is C15H21NO3S. The molecule has 1 amide bonds. The number of amides is 1. The number of methoxy groups -OCH3 is 1. The zero-order chi connectivity index (χ0) is 14.8. The summed E-state index contributed by atoms with van der Waals surface area (Å²) in [6.07, 6.45) is 1.44. The van der Waals surface area contributed by atoms with E-state index >= 15 is 0 Å². The van der Waals surface area contributed by atoms with Gasteiger partial charge in [-0.2, -0.15) is 0 Å². The number of benzene rings is 1. The molecule has 1 aromatic rings. The molecule has 0 aliphatic carbocycles. The molecule has 0 spiro atoms. The molecular weight excluding hydrogens is 274 g/mol. The highest BCUT2D eigenvalue weighted by molar-refractivity contribution is 8.00. The number of nitrogens with one attached hydrogen (secondary N) is 1.